The fourth-order valence-electron chi connectivity index (χ4n) is 10.3. The van der Waals surface area contributed by atoms with E-state index in [4.69, 9.17) is 0 Å². The van der Waals surface area contributed by atoms with Gasteiger partial charge in [-0.05, 0) is 126 Å². The van der Waals surface area contributed by atoms with Gasteiger partial charge in [-0.3, -0.25) is 0 Å². The minimum Gasteiger partial charge on any atom is -0.310 e. The van der Waals surface area contributed by atoms with E-state index in [1.165, 1.54) is 98.3 Å². The molecule has 0 radical (unpaired) electrons. The van der Waals surface area contributed by atoms with Crippen molar-refractivity contribution in [2.75, 3.05) is 4.90 Å². The molecule has 7 aromatic carbocycles. The Labute approximate surface area is 349 Å². The molecule has 8 aromatic rings. The molecule has 2 aliphatic carbocycles. The number of hydrogen-bond acceptors (Lipinski definition) is 2. The van der Waals surface area contributed by atoms with Gasteiger partial charge in [0.2, 0.25) is 0 Å². The zero-order chi connectivity index (χ0) is 40.5. The largest absolute Gasteiger partial charge is 0.310 e. The van der Waals surface area contributed by atoms with Gasteiger partial charge < -0.3 is 4.90 Å². The SMILES string of the molecule is CC(C)(C)c1cc2c(cc1C(C)(C)C)C(C)(C)c1cccc(-c3cccc(N(c4ccc5c(c4)C(C)(C)c4ccccc4-5)c4ccc5c(c4)sc4ccccc45)c3)c1-2. The predicted molar refractivity (Wildman–Crippen MR) is 252 cm³/mol. The van der Waals surface area contributed by atoms with Crippen LogP contribution in [-0.2, 0) is 21.7 Å². The third-order valence-corrected chi connectivity index (χ3v) is 14.4. The van der Waals surface area contributed by atoms with Crippen LogP contribution in [0.4, 0.5) is 17.1 Å². The first-order valence-corrected chi connectivity index (χ1v) is 21.7. The van der Waals surface area contributed by atoms with Gasteiger partial charge in [-0.2, -0.15) is 0 Å². The Bertz CT molecular complexity index is 2970. The summed E-state index contributed by atoms with van der Waals surface area (Å²) in [6.07, 6.45) is 0. The summed E-state index contributed by atoms with van der Waals surface area (Å²) >= 11 is 1.88. The van der Waals surface area contributed by atoms with Gasteiger partial charge in [-0.15, -0.1) is 11.3 Å². The molecule has 58 heavy (non-hydrogen) atoms. The number of fused-ring (bicyclic) bond motifs is 9. The van der Waals surface area contributed by atoms with Gasteiger partial charge in [0.25, 0.3) is 0 Å². The van der Waals surface area contributed by atoms with Crippen LogP contribution in [0, 0.1) is 0 Å². The first-order valence-electron chi connectivity index (χ1n) is 20.9. The van der Waals surface area contributed by atoms with Crippen LogP contribution in [-0.4, -0.2) is 0 Å². The molecule has 1 nitrogen and oxygen atoms in total. The average Bonchev–Trinajstić information content (AvgIpc) is 3.76. The Morgan fingerprint density at radius 3 is 1.78 bits per heavy atom. The smallest absolute Gasteiger partial charge is 0.0476 e. The van der Waals surface area contributed by atoms with Crippen LogP contribution in [0.5, 0.6) is 0 Å². The molecule has 0 saturated heterocycles. The molecule has 0 bridgehead atoms. The number of hydrogen-bond donors (Lipinski definition) is 0. The lowest BCUT2D eigenvalue weighted by molar-refractivity contribution is 0.527. The normalized spacial score (nSPS) is 15.0. The summed E-state index contributed by atoms with van der Waals surface area (Å²) in [4.78, 5) is 2.49. The van der Waals surface area contributed by atoms with E-state index in [1.807, 2.05) is 11.3 Å². The predicted octanol–water partition coefficient (Wildman–Crippen LogP) is 16.4. The Balaban J connectivity index is 1.17. The number of benzene rings is 7. The Kier molecular flexibility index (Phi) is 7.97. The quantitative estimate of drug-likeness (QED) is 0.172. The molecule has 0 saturated carbocycles. The topological polar surface area (TPSA) is 3.24 Å². The van der Waals surface area contributed by atoms with E-state index < -0.39 is 0 Å². The van der Waals surface area contributed by atoms with E-state index in [1.54, 1.807) is 0 Å². The highest BCUT2D eigenvalue weighted by Gasteiger charge is 2.40. The second kappa shape index (κ2) is 12.5. The van der Waals surface area contributed by atoms with Crippen molar-refractivity contribution < 1.29 is 0 Å². The highest BCUT2D eigenvalue weighted by Crippen LogP contribution is 2.55. The van der Waals surface area contributed by atoms with Gasteiger partial charge in [0, 0.05) is 48.1 Å². The zero-order valence-electron chi connectivity index (χ0n) is 35.6. The second-order valence-corrected chi connectivity index (χ2v) is 20.9. The van der Waals surface area contributed by atoms with Crippen LogP contribution in [0.15, 0.2) is 140 Å². The summed E-state index contributed by atoms with van der Waals surface area (Å²) in [6.45, 7) is 23.8. The molecule has 0 amide bonds. The number of anilines is 3. The molecule has 0 N–H and O–H groups in total. The van der Waals surface area contributed by atoms with Gasteiger partial charge in [0.05, 0.1) is 0 Å². The van der Waals surface area contributed by atoms with Crippen LogP contribution >= 0.6 is 11.3 Å². The second-order valence-electron chi connectivity index (χ2n) is 19.9. The number of nitrogens with zero attached hydrogens (tertiary/aromatic N) is 1. The van der Waals surface area contributed by atoms with Crippen LogP contribution < -0.4 is 4.90 Å². The molecular weight excluding hydrogens is 719 g/mol. The van der Waals surface area contributed by atoms with Crippen molar-refractivity contribution in [1.29, 1.82) is 0 Å². The molecule has 0 atom stereocenters. The molecule has 0 spiro atoms. The van der Waals surface area contributed by atoms with Crippen LogP contribution in [0.2, 0.25) is 0 Å². The molecule has 1 heterocycles. The molecule has 1 aromatic heterocycles. The first-order chi connectivity index (χ1) is 27.5. The van der Waals surface area contributed by atoms with Crippen molar-refractivity contribution in [2.24, 2.45) is 0 Å². The molecule has 0 fully saturated rings. The van der Waals surface area contributed by atoms with Crippen LogP contribution in [0.1, 0.15) is 103 Å². The third-order valence-electron chi connectivity index (χ3n) is 13.3. The molecule has 10 rings (SSSR count). The lowest BCUT2D eigenvalue weighted by atomic mass is 9.72. The Morgan fingerprint density at radius 2 is 0.983 bits per heavy atom. The summed E-state index contributed by atoms with van der Waals surface area (Å²) in [5.74, 6) is 0. The summed E-state index contributed by atoms with van der Waals surface area (Å²) < 4.78 is 2.63. The highest BCUT2D eigenvalue weighted by atomic mass is 32.1. The number of thiophene rings is 1. The average molecular weight is 772 g/mol. The van der Waals surface area contributed by atoms with Crippen molar-refractivity contribution in [3.63, 3.8) is 0 Å². The summed E-state index contributed by atoms with van der Waals surface area (Å²) in [6, 6.07) is 53.3. The lowest BCUT2D eigenvalue weighted by Gasteiger charge is -2.32. The maximum absolute atomic E-state index is 2.55. The van der Waals surface area contributed by atoms with Crippen molar-refractivity contribution in [2.45, 2.75) is 90.9 Å². The van der Waals surface area contributed by atoms with E-state index in [2.05, 4.69) is 214 Å². The molecule has 288 valence electrons. The third kappa shape index (κ3) is 5.48. The fourth-order valence-corrected chi connectivity index (χ4v) is 11.4. The fraction of sp³-hybridized carbons (Fsp3) is 0.250. The van der Waals surface area contributed by atoms with E-state index in [9.17, 15) is 0 Å². The Hall–Kier alpha value is -5.44. The van der Waals surface area contributed by atoms with E-state index >= 15 is 0 Å². The van der Waals surface area contributed by atoms with Gasteiger partial charge in [0.1, 0.15) is 0 Å². The molecule has 0 aliphatic heterocycles. The van der Waals surface area contributed by atoms with Crippen LogP contribution in [0.3, 0.4) is 0 Å². The lowest BCUT2D eigenvalue weighted by Crippen LogP contribution is -2.24. The minimum absolute atomic E-state index is 0.0151. The molecular formula is C56H53NS. The molecule has 2 heteroatoms. The van der Waals surface area contributed by atoms with Crippen LogP contribution in [0.25, 0.3) is 53.6 Å². The van der Waals surface area contributed by atoms with E-state index in [-0.39, 0.29) is 21.7 Å². The summed E-state index contributed by atoms with van der Waals surface area (Å²) in [5.41, 5.74) is 19.8. The standard InChI is InChI=1S/C56H53NS/c1-53(2,3)48-32-43-47(33-49(48)54(4,5)6)56(9,10)45-23-16-21-38(52(43)45)34-17-15-18-35(29-34)57(37-26-28-42-41-20-12-14-24-50(41)58-51(42)31-37)36-25-27-40-39-19-11-13-22-44(39)55(7,8)46(40)30-36/h11-33H,1-10H3. The van der Waals surface area contributed by atoms with E-state index in [0.29, 0.717) is 0 Å². The van der Waals surface area contributed by atoms with Gasteiger partial charge in [-0.25, -0.2) is 0 Å². The van der Waals surface area contributed by atoms with Gasteiger partial charge in [0.15, 0.2) is 0 Å². The molecule has 0 unspecified atom stereocenters. The van der Waals surface area contributed by atoms with Crippen molar-refractivity contribution in [3.05, 3.63) is 173 Å². The maximum Gasteiger partial charge on any atom is 0.0476 e. The Morgan fingerprint density at radius 1 is 0.414 bits per heavy atom. The van der Waals surface area contributed by atoms with Crippen molar-refractivity contribution in [3.8, 4) is 33.4 Å². The summed E-state index contributed by atoms with van der Waals surface area (Å²) in [5, 5.41) is 2.64. The maximum atomic E-state index is 2.55. The summed E-state index contributed by atoms with van der Waals surface area (Å²) in [7, 11) is 0. The van der Waals surface area contributed by atoms with Gasteiger partial charge in [-0.1, -0.05) is 160 Å². The first kappa shape index (κ1) is 36.9. The minimum atomic E-state index is -0.116. The monoisotopic (exact) mass is 771 g/mol. The van der Waals surface area contributed by atoms with Gasteiger partial charge >= 0.3 is 0 Å². The molecule has 2 aliphatic rings. The van der Waals surface area contributed by atoms with Crippen molar-refractivity contribution >= 4 is 48.6 Å². The zero-order valence-corrected chi connectivity index (χ0v) is 36.5. The van der Waals surface area contributed by atoms with E-state index in [0.717, 1.165) is 5.69 Å². The number of rotatable bonds is 4. The highest BCUT2D eigenvalue weighted by molar-refractivity contribution is 7.25. The van der Waals surface area contributed by atoms with Crippen molar-refractivity contribution in [1.82, 2.24) is 0 Å².